The van der Waals surface area contributed by atoms with Gasteiger partial charge in [-0.15, -0.1) is 0 Å². The maximum Gasteiger partial charge on any atom is 0.0373 e. The maximum atomic E-state index is 3.48. The van der Waals surface area contributed by atoms with Crippen molar-refractivity contribution in [1.82, 2.24) is 0 Å². The lowest BCUT2D eigenvalue weighted by Gasteiger charge is -2.32. The third-order valence-corrected chi connectivity index (χ3v) is 3.16. The number of benzene rings is 1. The molecule has 2 rings (SSSR count). The van der Waals surface area contributed by atoms with Gasteiger partial charge in [0.25, 0.3) is 0 Å². The molecular weight excluding hydrogens is 273 g/mol. The predicted molar refractivity (Wildman–Crippen MR) is 65.1 cm³/mol. The Balaban J connectivity index is 2.38. The van der Waals surface area contributed by atoms with E-state index in [0.717, 1.165) is 6.54 Å². The summed E-state index contributed by atoms with van der Waals surface area (Å²) in [5, 5.41) is 3.48. The van der Waals surface area contributed by atoms with Crippen LogP contribution >= 0.6 is 22.6 Å². The van der Waals surface area contributed by atoms with Gasteiger partial charge in [0.2, 0.25) is 0 Å². The van der Waals surface area contributed by atoms with Crippen molar-refractivity contribution < 1.29 is 0 Å². The molecule has 0 fully saturated rings. The van der Waals surface area contributed by atoms with Gasteiger partial charge in [-0.2, -0.15) is 0 Å². The van der Waals surface area contributed by atoms with Crippen LogP contribution in [0, 0.1) is 8.99 Å². The summed E-state index contributed by atoms with van der Waals surface area (Å²) < 4.78 is 1.33. The maximum absolute atomic E-state index is 3.48. The first kappa shape index (κ1) is 9.31. The van der Waals surface area contributed by atoms with Crippen LogP contribution in [0.4, 0.5) is 5.69 Å². The summed E-state index contributed by atoms with van der Waals surface area (Å²) in [5.41, 5.74) is 3.18. The average molecular weight is 287 g/mol. The second-order valence-electron chi connectivity index (χ2n) is 4.50. The lowest BCUT2D eigenvalue weighted by molar-refractivity contribution is 0.379. The molecule has 1 aromatic rings. The molecule has 0 amide bonds. The fourth-order valence-electron chi connectivity index (χ4n) is 1.79. The molecule has 0 radical (unpaired) electrons. The zero-order valence-electron chi connectivity index (χ0n) is 8.02. The molecule has 1 aliphatic rings. The molecule has 0 saturated heterocycles. The van der Waals surface area contributed by atoms with E-state index in [0.29, 0.717) is 5.41 Å². The molecule has 1 aromatic carbocycles. The Bertz CT molecular complexity index is 331. The number of hydrogen-bond donors (Lipinski definition) is 1. The van der Waals surface area contributed by atoms with Crippen molar-refractivity contribution in [3.63, 3.8) is 0 Å². The second kappa shape index (κ2) is 3.15. The molecule has 0 saturated carbocycles. The average Bonchev–Trinajstić information content (AvgIpc) is 2.01. The van der Waals surface area contributed by atoms with Crippen LogP contribution in [-0.2, 0) is 6.42 Å². The first-order valence-electron chi connectivity index (χ1n) is 4.59. The largest absolute Gasteiger partial charge is 0.384 e. The van der Waals surface area contributed by atoms with Crippen LogP contribution in [0.2, 0.25) is 0 Å². The van der Waals surface area contributed by atoms with E-state index < -0.39 is 0 Å². The van der Waals surface area contributed by atoms with Gasteiger partial charge in [-0.3, -0.25) is 0 Å². The van der Waals surface area contributed by atoms with Crippen LogP contribution in [0.1, 0.15) is 19.4 Å². The van der Waals surface area contributed by atoms with Gasteiger partial charge >= 0.3 is 0 Å². The van der Waals surface area contributed by atoms with Crippen molar-refractivity contribution in [2.75, 3.05) is 11.9 Å². The summed E-state index contributed by atoms with van der Waals surface area (Å²) in [6.07, 6.45) is 1.19. The van der Waals surface area contributed by atoms with E-state index in [2.05, 4.69) is 60.0 Å². The minimum Gasteiger partial charge on any atom is -0.384 e. The third-order valence-electron chi connectivity index (χ3n) is 2.49. The van der Waals surface area contributed by atoms with Crippen molar-refractivity contribution in [3.05, 3.63) is 27.3 Å². The zero-order chi connectivity index (χ0) is 9.47. The van der Waals surface area contributed by atoms with Crippen molar-refractivity contribution in [3.8, 4) is 0 Å². The predicted octanol–water partition coefficient (Wildman–Crippen LogP) is 3.29. The molecule has 1 N–H and O–H groups in total. The fourth-order valence-corrected chi connectivity index (χ4v) is 2.35. The lowest BCUT2D eigenvalue weighted by Crippen LogP contribution is -2.30. The van der Waals surface area contributed by atoms with E-state index in [9.17, 15) is 0 Å². The van der Waals surface area contributed by atoms with E-state index in [4.69, 9.17) is 0 Å². The van der Waals surface area contributed by atoms with Crippen molar-refractivity contribution in [2.24, 2.45) is 5.41 Å². The third kappa shape index (κ3) is 1.98. The SMILES string of the molecule is CC1(C)CNc2ccc(I)cc2C1. The number of anilines is 1. The summed E-state index contributed by atoms with van der Waals surface area (Å²) in [4.78, 5) is 0. The Hall–Kier alpha value is -0.250. The highest BCUT2D eigenvalue weighted by atomic mass is 127. The zero-order valence-corrected chi connectivity index (χ0v) is 10.2. The van der Waals surface area contributed by atoms with E-state index in [1.54, 1.807) is 0 Å². The van der Waals surface area contributed by atoms with Crippen molar-refractivity contribution in [2.45, 2.75) is 20.3 Å². The molecule has 70 valence electrons. The highest BCUT2D eigenvalue weighted by Gasteiger charge is 2.24. The Labute approximate surface area is 93.1 Å². The van der Waals surface area contributed by atoms with Gasteiger partial charge < -0.3 is 5.32 Å². The van der Waals surface area contributed by atoms with Crippen LogP contribution in [0.5, 0.6) is 0 Å². The summed E-state index contributed by atoms with van der Waals surface area (Å²) in [6, 6.07) is 6.63. The standard InChI is InChI=1S/C11H14IN/c1-11(2)6-8-5-9(12)3-4-10(8)13-7-11/h3-5,13H,6-7H2,1-2H3. The van der Waals surface area contributed by atoms with Gasteiger partial charge in [0.15, 0.2) is 0 Å². The molecule has 1 aliphatic heterocycles. The Morgan fingerprint density at radius 2 is 2.15 bits per heavy atom. The first-order valence-corrected chi connectivity index (χ1v) is 5.67. The number of nitrogens with one attached hydrogen (secondary N) is 1. The summed E-state index contributed by atoms with van der Waals surface area (Å²) in [7, 11) is 0. The van der Waals surface area contributed by atoms with Gasteiger partial charge in [-0.25, -0.2) is 0 Å². The highest BCUT2D eigenvalue weighted by Crippen LogP contribution is 2.32. The smallest absolute Gasteiger partial charge is 0.0373 e. The van der Waals surface area contributed by atoms with Gasteiger partial charge in [0, 0.05) is 15.8 Å². The summed E-state index contributed by atoms with van der Waals surface area (Å²) >= 11 is 2.37. The summed E-state index contributed by atoms with van der Waals surface area (Å²) in [6.45, 7) is 5.70. The molecule has 0 bridgehead atoms. The van der Waals surface area contributed by atoms with E-state index in [1.807, 2.05) is 0 Å². The molecule has 1 heterocycles. The number of fused-ring (bicyclic) bond motifs is 1. The van der Waals surface area contributed by atoms with Crippen LogP contribution < -0.4 is 5.32 Å². The van der Waals surface area contributed by atoms with Crippen LogP contribution in [0.25, 0.3) is 0 Å². The van der Waals surface area contributed by atoms with Gasteiger partial charge in [-0.1, -0.05) is 13.8 Å². The molecule has 2 heteroatoms. The number of halogens is 1. The molecule has 1 nitrogen and oxygen atoms in total. The van der Waals surface area contributed by atoms with Crippen LogP contribution in [-0.4, -0.2) is 6.54 Å². The van der Waals surface area contributed by atoms with Crippen LogP contribution in [0.3, 0.4) is 0 Å². The molecule has 0 aromatic heterocycles. The van der Waals surface area contributed by atoms with E-state index >= 15 is 0 Å². The first-order chi connectivity index (χ1) is 6.07. The second-order valence-corrected chi connectivity index (χ2v) is 5.74. The summed E-state index contributed by atoms with van der Waals surface area (Å²) in [5.74, 6) is 0. The molecule has 0 atom stereocenters. The molecule has 0 aliphatic carbocycles. The van der Waals surface area contributed by atoms with Gasteiger partial charge in [-0.05, 0) is 58.2 Å². The molecule has 13 heavy (non-hydrogen) atoms. The van der Waals surface area contributed by atoms with E-state index in [-0.39, 0.29) is 0 Å². The molecular formula is C11H14IN. The van der Waals surface area contributed by atoms with Gasteiger partial charge in [0.1, 0.15) is 0 Å². The van der Waals surface area contributed by atoms with Crippen LogP contribution in [0.15, 0.2) is 18.2 Å². The van der Waals surface area contributed by atoms with Crippen molar-refractivity contribution >= 4 is 28.3 Å². The Kier molecular flexibility index (Phi) is 2.26. The highest BCUT2D eigenvalue weighted by molar-refractivity contribution is 14.1. The Morgan fingerprint density at radius 3 is 2.92 bits per heavy atom. The minimum atomic E-state index is 0.400. The normalized spacial score (nSPS) is 19.0. The number of rotatable bonds is 0. The minimum absolute atomic E-state index is 0.400. The van der Waals surface area contributed by atoms with Gasteiger partial charge in [0.05, 0.1) is 0 Å². The molecule has 0 spiro atoms. The lowest BCUT2D eigenvalue weighted by atomic mass is 9.82. The Morgan fingerprint density at radius 1 is 1.38 bits per heavy atom. The molecule has 0 unspecified atom stereocenters. The topological polar surface area (TPSA) is 12.0 Å². The quantitative estimate of drug-likeness (QED) is 0.722. The van der Waals surface area contributed by atoms with E-state index in [1.165, 1.54) is 21.2 Å². The monoisotopic (exact) mass is 287 g/mol. The number of hydrogen-bond acceptors (Lipinski definition) is 1. The fraction of sp³-hybridized carbons (Fsp3) is 0.455. The van der Waals surface area contributed by atoms with Crippen molar-refractivity contribution in [1.29, 1.82) is 0 Å².